The van der Waals surface area contributed by atoms with Crippen molar-refractivity contribution in [2.45, 2.75) is 31.9 Å². The van der Waals surface area contributed by atoms with E-state index < -0.39 is 11.7 Å². The predicted molar refractivity (Wildman–Crippen MR) is 78.6 cm³/mol. The summed E-state index contributed by atoms with van der Waals surface area (Å²) in [6, 6.07) is 5.10. The Bertz CT molecular complexity index is 587. The minimum atomic E-state index is -4.38. The zero-order chi connectivity index (χ0) is 17.0. The van der Waals surface area contributed by atoms with Gasteiger partial charge in [0.05, 0.1) is 5.56 Å². The Hall–Kier alpha value is -2.05. The van der Waals surface area contributed by atoms with Crippen LogP contribution in [0.5, 0.6) is 0 Å². The van der Waals surface area contributed by atoms with Crippen LogP contribution in [0.3, 0.4) is 0 Å². The van der Waals surface area contributed by atoms with Crippen LogP contribution < -0.4 is 10.6 Å². The summed E-state index contributed by atoms with van der Waals surface area (Å²) in [6.45, 7) is 2.46. The first-order chi connectivity index (χ1) is 10.8. The average Bonchev–Trinajstić information content (AvgIpc) is 2.51. The minimum absolute atomic E-state index is 0.151. The standard InChI is InChI=1S/C16H19F3N2O2/c1-10(11-3-2-4-13(7-11)16(17,18)19)9-21-15(23)12-5-6-20-14(22)8-12/h2-4,7,10,12H,5-6,8-9H2,1H3,(H,20,22)(H,21,23)/t10-,12-/m1/s1. The molecule has 1 saturated heterocycles. The zero-order valence-corrected chi connectivity index (χ0v) is 12.7. The van der Waals surface area contributed by atoms with Gasteiger partial charge in [0, 0.05) is 25.4 Å². The van der Waals surface area contributed by atoms with E-state index in [9.17, 15) is 22.8 Å². The first-order valence-electron chi connectivity index (χ1n) is 7.49. The van der Waals surface area contributed by atoms with Crippen LogP contribution >= 0.6 is 0 Å². The molecule has 1 aromatic rings. The van der Waals surface area contributed by atoms with E-state index in [1.165, 1.54) is 6.07 Å². The molecular formula is C16H19F3N2O2. The monoisotopic (exact) mass is 328 g/mol. The average molecular weight is 328 g/mol. The fourth-order valence-corrected chi connectivity index (χ4v) is 2.55. The fourth-order valence-electron chi connectivity index (χ4n) is 2.55. The molecule has 1 aliphatic heterocycles. The highest BCUT2D eigenvalue weighted by Gasteiger charge is 2.31. The van der Waals surface area contributed by atoms with Crippen molar-refractivity contribution in [3.63, 3.8) is 0 Å². The van der Waals surface area contributed by atoms with E-state index in [0.29, 0.717) is 18.5 Å². The molecule has 1 heterocycles. The van der Waals surface area contributed by atoms with Crippen LogP contribution in [0.4, 0.5) is 13.2 Å². The maximum Gasteiger partial charge on any atom is 0.416 e. The van der Waals surface area contributed by atoms with Crippen LogP contribution in [-0.4, -0.2) is 24.9 Å². The van der Waals surface area contributed by atoms with Gasteiger partial charge in [-0.25, -0.2) is 0 Å². The number of rotatable bonds is 4. The molecule has 4 nitrogen and oxygen atoms in total. The Morgan fingerprint density at radius 1 is 1.43 bits per heavy atom. The number of alkyl halides is 3. The molecule has 2 N–H and O–H groups in total. The maximum absolute atomic E-state index is 12.7. The highest BCUT2D eigenvalue weighted by atomic mass is 19.4. The summed E-state index contributed by atoms with van der Waals surface area (Å²) < 4.78 is 38.2. The summed E-state index contributed by atoms with van der Waals surface area (Å²) in [5.74, 6) is -0.989. The van der Waals surface area contributed by atoms with Gasteiger partial charge in [-0.1, -0.05) is 25.1 Å². The second kappa shape index (κ2) is 7.02. The van der Waals surface area contributed by atoms with E-state index in [2.05, 4.69) is 10.6 Å². The quantitative estimate of drug-likeness (QED) is 0.892. The molecule has 7 heteroatoms. The van der Waals surface area contributed by atoms with Crippen LogP contribution in [0.1, 0.15) is 36.8 Å². The molecule has 1 aromatic carbocycles. The van der Waals surface area contributed by atoms with Crippen LogP contribution in [0.25, 0.3) is 0 Å². The van der Waals surface area contributed by atoms with Crippen molar-refractivity contribution >= 4 is 11.8 Å². The summed E-state index contributed by atoms with van der Waals surface area (Å²) in [6.07, 6.45) is -3.65. The third-order valence-electron chi connectivity index (χ3n) is 3.98. The summed E-state index contributed by atoms with van der Waals surface area (Å²) in [5, 5.41) is 5.38. The summed E-state index contributed by atoms with van der Waals surface area (Å²) in [4.78, 5) is 23.3. The lowest BCUT2D eigenvalue weighted by Gasteiger charge is -2.22. The fraction of sp³-hybridized carbons (Fsp3) is 0.500. The van der Waals surface area contributed by atoms with Gasteiger partial charge in [-0.05, 0) is 24.0 Å². The van der Waals surface area contributed by atoms with Gasteiger partial charge in [-0.2, -0.15) is 13.2 Å². The molecule has 0 aromatic heterocycles. The largest absolute Gasteiger partial charge is 0.416 e. The first kappa shape index (κ1) is 17.3. The summed E-state index contributed by atoms with van der Waals surface area (Å²) >= 11 is 0. The number of carbonyl (C=O) groups is 2. The van der Waals surface area contributed by atoms with Gasteiger partial charge < -0.3 is 10.6 Å². The number of amides is 2. The molecule has 2 atom stereocenters. The van der Waals surface area contributed by atoms with Crippen molar-refractivity contribution < 1.29 is 22.8 Å². The van der Waals surface area contributed by atoms with Crippen molar-refractivity contribution in [1.29, 1.82) is 0 Å². The molecule has 126 valence electrons. The molecule has 0 saturated carbocycles. The molecule has 1 aliphatic rings. The maximum atomic E-state index is 12.7. The van der Waals surface area contributed by atoms with Crippen LogP contribution in [0.2, 0.25) is 0 Å². The number of benzene rings is 1. The molecule has 0 aliphatic carbocycles. The van der Waals surface area contributed by atoms with Gasteiger partial charge in [0.15, 0.2) is 0 Å². The van der Waals surface area contributed by atoms with Crippen LogP contribution in [-0.2, 0) is 15.8 Å². The topological polar surface area (TPSA) is 58.2 Å². The third-order valence-corrected chi connectivity index (χ3v) is 3.98. The second-order valence-corrected chi connectivity index (χ2v) is 5.81. The first-order valence-corrected chi connectivity index (χ1v) is 7.49. The Balaban J connectivity index is 1.93. The Labute approximate surface area is 132 Å². The van der Waals surface area contributed by atoms with Gasteiger partial charge in [0.2, 0.25) is 11.8 Å². The van der Waals surface area contributed by atoms with Gasteiger partial charge in [0.25, 0.3) is 0 Å². The van der Waals surface area contributed by atoms with E-state index in [4.69, 9.17) is 0 Å². The lowest BCUT2D eigenvalue weighted by Crippen LogP contribution is -2.41. The molecule has 0 unspecified atom stereocenters. The third kappa shape index (κ3) is 4.71. The van der Waals surface area contributed by atoms with Crippen molar-refractivity contribution in [2.75, 3.05) is 13.1 Å². The SMILES string of the molecule is C[C@H](CNC(=O)[C@@H]1CCNC(=O)C1)c1cccc(C(F)(F)F)c1. The van der Waals surface area contributed by atoms with Crippen molar-refractivity contribution in [3.05, 3.63) is 35.4 Å². The molecule has 0 bridgehead atoms. The van der Waals surface area contributed by atoms with E-state index in [0.717, 1.165) is 12.1 Å². The molecular weight excluding hydrogens is 309 g/mol. The van der Waals surface area contributed by atoms with Crippen molar-refractivity contribution in [1.82, 2.24) is 10.6 Å². The summed E-state index contributed by atoms with van der Waals surface area (Å²) in [7, 11) is 0. The molecule has 2 rings (SSSR count). The molecule has 2 amide bonds. The van der Waals surface area contributed by atoms with Crippen molar-refractivity contribution in [2.24, 2.45) is 5.92 Å². The highest BCUT2D eigenvalue weighted by molar-refractivity contribution is 5.86. The van der Waals surface area contributed by atoms with Gasteiger partial charge in [-0.3, -0.25) is 9.59 Å². The Morgan fingerprint density at radius 3 is 2.83 bits per heavy atom. The lowest BCUT2D eigenvalue weighted by atomic mass is 9.95. The Kier molecular flexibility index (Phi) is 5.28. The van der Waals surface area contributed by atoms with Crippen molar-refractivity contribution in [3.8, 4) is 0 Å². The summed E-state index contributed by atoms with van der Waals surface area (Å²) in [5.41, 5.74) is -0.182. The normalized spacial score (nSPS) is 19.8. The van der Waals surface area contributed by atoms with Crippen LogP contribution in [0, 0.1) is 5.92 Å². The van der Waals surface area contributed by atoms with Gasteiger partial charge >= 0.3 is 6.18 Å². The number of nitrogens with one attached hydrogen (secondary N) is 2. The van der Waals surface area contributed by atoms with Crippen LogP contribution in [0.15, 0.2) is 24.3 Å². The zero-order valence-electron chi connectivity index (χ0n) is 12.7. The smallest absolute Gasteiger partial charge is 0.356 e. The van der Waals surface area contributed by atoms with E-state index >= 15 is 0 Å². The van der Waals surface area contributed by atoms with Gasteiger partial charge in [0.1, 0.15) is 0 Å². The van der Waals surface area contributed by atoms with E-state index in [1.54, 1.807) is 13.0 Å². The van der Waals surface area contributed by atoms with E-state index in [-0.39, 0.29) is 36.6 Å². The number of hydrogen-bond donors (Lipinski definition) is 2. The molecule has 1 fully saturated rings. The van der Waals surface area contributed by atoms with E-state index in [1.807, 2.05) is 0 Å². The minimum Gasteiger partial charge on any atom is -0.356 e. The Morgan fingerprint density at radius 2 is 2.17 bits per heavy atom. The number of hydrogen-bond acceptors (Lipinski definition) is 2. The number of piperidine rings is 1. The predicted octanol–water partition coefficient (Wildman–Crippen LogP) is 2.45. The van der Waals surface area contributed by atoms with Gasteiger partial charge in [-0.15, -0.1) is 0 Å². The highest BCUT2D eigenvalue weighted by Crippen LogP contribution is 2.31. The second-order valence-electron chi connectivity index (χ2n) is 5.81. The molecule has 0 spiro atoms. The molecule has 23 heavy (non-hydrogen) atoms. The molecule has 0 radical (unpaired) electrons. The number of carbonyl (C=O) groups excluding carboxylic acids is 2. The number of halogens is 3. The lowest BCUT2D eigenvalue weighted by molar-refractivity contribution is -0.137.